The monoisotopic (exact) mass is 387 g/mol. The first kappa shape index (κ1) is 20.3. The Kier molecular flexibility index (Phi) is 7.42. The topological polar surface area (TPSA) is 87.7 Å². The van der Waals surface area contributed by atoms with E-state index in [4.69, 9.17) is 4.74 Å². The Morgan fingerprint density at radius 3 is 2.43 bits per heavy atom. The van der Waals surface area contributed by atoms with E-state index in [2.05, 4.69) is 10.6 Å². The third-order valence-corrected chi connectivity index (χ3v) is 5.39. The predicted octanol–water partition coefficient (Wildman–Crippen LogP) is 1.54. The van der Waals surface area contributed by atoms with Gasteiger partial charge in [-0.2, -0.15) is 0 Å². The van der Waals surface area contributed by atoms with Crippen LogP contribution in [0.5, 0.6) is 0 Å². The number of carbonyl (C=O) groups is 3. The van der Waals surface area contributed by atoms with Crippen molar-refractivity contribution in [2.45, 2.75) is 50.7 Å². The Balaban J connectivity index is 1.43. The maximum absolute atomic E-state index is 12.5. The zero-order valence-electron chi connectivity index (χ0n) is 16.2. The fraction of sp³-hybridized carbons (Fsp3) is 0.571. The largest absolute Gasteiger partial charge is 0.370 e. The minimum atomic E-state index is -0.745. The van der Waals surface area contributed by atoms with Crippen LogP contribution in [-0.2, 0) is 19.1 Å². The third kappa shape index (κ3) is 5.79. The number of amides is 3. The second kappa shape index (κ2) is 10.2. The molecule has 3 rings (SSSR count). The number of nitrogens with one attached hydrogen (secondary N) is 2. The summed E-state index contributed by atoms with van der Waals surface area (Å²) in [6.45, 7) is 1.18. The van der Waals surface area contributed by atoms with Crippen LogP contribution < -0.4 is 10.6 Å². The normalized spacial score (nSPS) is 20.9. The average Bonchev–Trinajstić information content (AvgIpc) is 3.01. The summed E-state index contributed by atoms with van der Waals surface area (Å²) in [5.41, 5.74) is 1.02. The fourth-order valence-electron chi connectivity index (χ4n) is 3.77. The van der Waals surface area contributed by atoms with Gasteiger partial charge in [0, 0.05) is 12.6 Å². The summed E-state index contributed by atoms with van der Waals surface area (Å²) in [7, 11) is 0. The van der Waals surface area contributed by atoms with Gasteiger partial charge in [0.05, 0.1) is 19.7 Å². The van der Waals surface area contributed by atoms with E-state index >= 15 is 0 Å². The molecule has 1 unspecified atom stereocenters. The van der Waals surface area contributed by atoms with E-state index in [9.17, 15) is 14.4 Å². The van der Waals surface area contributed by atoms with Gasteiger partial charge in [-0.3, -0.25) is 14.4 Å². The smallest absolute Gasteiger partial charge is 0.309 e. The maximum atomic E-state index is 12.5. The molecule has 0 spiro atoms. The minimum Gasteiger partial charge on any atom is -0.370 e. The van der Waals surface area contributed by atoms with E-state index in [1.165, 1.54) is 12.8 Å². The summed E-state index contributed by atoms with van der Waals surface area (Å²) in [5.74, 6) is -1.60. The highest BCUT2D eigenvalue weighted by atomic mass is 16.5. The Morgan fingerprint density at radius 1 is 1.00 bits per heavy atom. The molecule has 3 amide bonds. The van der Waals surface area contributed by atoms with Crippen LogP contribution in [0.3, 0.4) is 0 Å². The molecule has 152 valence electrons. The van der Waals surface area contributed by atoms with Crippen molar-refractivity contribution in [3.05, 3.63) is 35.9 Å². The van der Waals surface area contributed by atoms with E-state index in [0.29, 0.717) is 19.7 Å². The van der Waals surface area contributed by atoms with Crippen LogP contribution >= 0.6 is 0 Å². The van der Waals surface area contributed by atoms with Crippen LogP contribution in [0.15, 0.2) is 30.3 Å². The lowest BCUT2D eigenvalue weighted by molar-refractivity contribution is -0.143. The van der Waals surface area contributed by atoms with E-state index in [-0.39, 0.29) is 24.6 Å². The van der Waals surface area contributed by atoms with Gasteiger partial charge in [0.25, 0.3) is 0 Å². The molecule has 0 bridgehead atoms. The van der Waals surface area contributed by atoms with Crippen LogP contribution in [0.1, 0.15) is 50.2 Å². The molecule has 1 aromatic rings. The second-order valence-electron chi connectivity index (χ2n) is 7.45. The maximum Gasteiger partial charge on any atom is 0.309 e. The Hall–Kier alpha value is -2.41. The molecule has 7 heteroatoms. The molecular weight excluding hydrogens is 358 g/mol. The van der Waals surface area contributed by atoms with Gasteiger partial charge in [0.2, 0.25) is 5.91 Å². The molecule has 1 heterocycles. The summed E-state index contributed by atoms with van der Waals surface area (Å²) >= 11 is 0. The van der Waals surface area contributed by atoms with Crippen LogP contribution in [0, 0.1) is 0 Å². The zero-order chi connectivity index (χ0) is 19.8. The van der Waals surface area contributed by atoms with Gasteiger partial charge in [0.15, 0.2) is 0 Å². The summed E-state index contributed by atoms with van der Waals surface area (Å²) < 4.78 is 5.76. The van der Waals surface area contributed by atoms with Crippen molar-refractivity contribution >= 4 is 17.7 Å². The number of morpholine rings is 1. The van der Waals surface area contributed by atoms with Crippen LogP contribution in [0.2, 0.25) is 0 Å². The number of hydrogen-bond donors (Lipinski definition) is 2. The molecule has 2 N–H and O–H groups in total. The first-order valence-electron chi connectivity index (χ1n) is 10.2. The molecule has 0 radical (unpaired) electrons. The molecule has 2 fully saturated rings. The van der Waals surface area contributed by atoms with Gasteiger partial charge >= 0.3 is 11.8 Å². The highest BCUT2D eigenvalue weighted by Gasteiger charge is 2.26. The van der Waals surface area contributed by atoms with Crippen LogP contribution in [-0.4, -0.2) is 54.9 Å². The lowest BCUT2D eigenvalue weighted by Crippen LogP contribution is -2.49. The highest BCUT2D eigenvalue weighted by Crippen LogP contribution is 2.21. The molecule has 1 atom stereocenters. The number of ether oxygens (including phenoxy) is 1. The average molecular weight is 387 g/mol. The number of nitrogens with zero attached hydrogens (tertiary/aromatic N) is 1. The molecule has 1 saturated carbocycles. The van der Waals surface area contributed by atoms with Crippen LogP contribution in [0.4, 0.5) is 0 Å². The van der Waals surface area contributed by atoms with E-state index < -0.39 is 11.8 Å². The Bertz CT molecular complexity index is 671. The van der Waals surface area contributed by atoms with Crippen molar-refractivity contribution < 1.29 is 19.1 Å². The highest BCUT2D eigenvalue weighted by molar-refractivity contribution is 6.35. The first-order valence-corrected chi connectivity index (χ1v) is 10.2. The third-order valence-electron chi connectivity index (χ3n) is 5.39. The van der Waals surface area contributed by atoms with Gasteiger partial charge in [-0.25, -0.2) is 0 Å². The molecule has 7 nitrogen and oxygen atoms in total. The fourth-order valence-corrected chi connectivity index (χ4v) is 3.77. The zero-order valence-corrected chi connectivity index (χ0v) is 16.2. The Morgan fingerprint density at radius 2 is 1.71 bits per heavy atom. The molecule has 1 saturated heterocycles. The van der Waals surface area contributed by atoms with Crippen molar-refractivity contribution in [3.8, 4) is 0 Å². The number of rotatable bonds is 4. The van der Waals surface area contributed by atoms with Gasteiger partial charge in [-0.05, 0) is 18.4 Å². The van der Waals surface area contributed by atoms with E-state index in [0.717, 1.165) is 31.2 Å². The van der Waals surface area contributed by atoms with Crippen molar-refractivity contribution in [2.24, 2.45) is 0 Å². The van der Waals surface area contributed by atoms with Gasteiger partial charge in [0.1, 0.15) is 6.10 Å². The van der Waals surface area contributed by atoms with Gasteiger partial charge in [-0.1, -0.05) is 56.0 Å². The summed E-state index contributed by atoms with van der Waals surface area (Å²) in [6, 6.07) is 9.81. The minimum absolute atomic E-state index is 0.0577. The number of hydrogen-bond acceptors (Lipinski definition) is 4. The lowest BCUT2D eigenvalue weighted by atomic mass is 10.1. The van der Waals surface area contributed by atoms with Crippen LogP contribution in [0.25, 0.3) is 0 Å². The SMILES string of the molecule is O=C(NCC(=O)N1CCOC(c2ccccc2)C1)C(=O)NC1CCCCCC1. The standard InChI is InChI=1S/C21H29N3O4/c25-19(24-12-13-28-18(15-24)16-8-4-3-5-9-16)14-22-20(26)21(27)23-17-10-6-1-2-7-11-17/h3-5,8-9,17-18H,1-2,6-7,10-15H2,(H,22,26)(H,23,27). The second-order valence-corrected chi connectivity index (χ2v) is 7.45. The molecule has 1 aliphatic heterocycles. The number of benzene rings is 1. The van der Waals surface area contributed by atoms with Crippen molar-refractivity contribution in [1.82, 2.24) is 15.5 Å². The molecule has 28 heavy (non-hydrogen) atoms. The molecule has 0 aromatic heterocycles. The predicted molar refractivity (Wildman–Crippen MR) is 104 cm³/mol. The molecule has 2 aliphatic rings. The van der Waals surface area contributed by atoms with Gasteiger partial charge in [-0.15, -0.1) is 0 Å². The summed E-state index contributed by atoms with van der Waals surface area (Å²) in [5, 5.41) is 5.25. The Labute approximate surface area is 165 Å². The summed E-state index contributed by atoms with van der Waals surface area (Å²) in [4.78, 5) is 38.3. The molecule has 1 aliphatic carbocycles. The van der Waals surface area contributed by atoms with E-state index in [1.54, 1.807) is 4.90 Å². The van der Waals surface area contributed by atoms with E-state index in [1.807, 2.05) is 30.3 Å². The van der Waals surface area contributed by atoms with Gasteiger partial charge < -0.3 is 20.3 Å². The lowest BCUT2D eigenvalue weighted by Gasteiger charge is -2.33. The quantitative estimate of drug-likeness (QED) is 0.606. The first-order chi connectivity index (χ1) is 13.6. The molecular formula is C21H29N3O4. The number of carbonyl (C=O) groups excluding carboxylic acids is 3. The van der Waals surface area contributed by atoms with Crippen molar-refractivity contribution in [1.29, 1.82) is 0 Å². The van der Waals surface area contributed by atoms with Crippen molar-refractivity contribution in [2.75, 3.05) is 26.2 Å². The summed E-state index contributed by atoms with van der Waals surface area (Å²) in [6.07, 6.45) is 6.15. The molecule has 1 aromatic carbocycles. The van der Waals surface area contributed by atoms with Crippen molar-refractivity contribution in [3.63, 3.8) is 0 Å².